The molecule has 5 aliphatic carbocycles. The van der Waals surface area contributed by atoms with Crippen molar-refractivity contribution < 1.29 is 8.83 Å². The third-order valence-electron chi connectivity index (χ3n) is 16.7. The Bertz CT molecular complexity index is 2520. The second kappa shape index (κ2) is 14.0. The smallest absolute Gasteiger partial charge is 0.227 e. The fourth-order valence-corrected chi connectivity index (χ4v) is 14.6. The molecule has 3 aromatic carbocycles. The number of pyridine rings is 1. The van der Waals surface area contributed by atoms with Crippen LogP contribution in [0.2, 0.25) is 0 Å². The molecule has 5 nitrogen and oxygen atoms in total. The summed E-state index contributed by atoms with van der Waals surface area (Å²) in [6.07, 6.45) is 17.1. The molecule has 5 saturated carbocycles. The van der Waals surface area contributed by atoms with Crippen LogP contribution >= 0.6 is 0 Å². The van der Waals surface area contributed by atoms with Crippen LogP contribution in [0.3, 0.4) is 0 Å². The molecule has 7 aliphatic rings. The van der Waals surface area contributed by atoms with E-state index in [1.54, 1.807) is 0 Å². The van der Waals surface area contributed by atoms with Gasteiger partial charge in [0.1, 0.15) is 5.58 Å². The predicted molar refractivity (Wildman–Crippen MR) is 250 cm³/mol. The molecule has 13 rings (SSSR count). The number of aromatic nitrogens is 1. The molecule has 0 unspecified atom stereocenters. The van der Waals surface area contributed by atoms with Crippen LogP contribution in [0.15, 0.2) is 69.5 Å². The molecular weight excluding hydrogens is 723 g/mol. The van der Waals surface area contributed by atoms with E-state index < -0.39 is 0 Å². The maximum Gasteiger partial charge on any atom is 0.227 e. The first-order chi connectivity index (χ1) is 27.3. The Morgan fingerprint density at radius 3 is 1.80 bits per heavy atom. The van der Waals surface area contributed by atoms with Gasteiger partial charge in [0.15, 0.2) is 11.2 Å². The second-order valence-corrected chi connectivity index (χ2v) is 21.5. The summed E-state index contributed by atoms with van der Waals surface area (Å²) in [5.41, 5.74) is 11.5. The van der Waals surface area contributed by atoms with Gasteiger partial charge in [0.25, 0.3) is 0 Å². The highest BCUT2D eigenvalue weighted by Gasteiger charge is 2.63. The number of aryl methyl sites for hydroxylation is 3. The number of rotatable bonds is 2. The molecule has 3 aromatic heterocycles. The van der Waals surface area contributed by atoms with Gasteiger partial charge in [0.05, 0.1) is 11.4 Å². The van der Waals surface area contributed by atoms with Crippen LogP contribution in [-0.2, 0) is 0 Å². The fourth-order valence-electron chi connectivity index (χ4n) is 14.6. The van der Waals surface area contributed by atoms with Crippen molar-refractivity contribution in [2.75, 3.05) is 22.9 Å². The number of nitrogens with zero attached hydrogens (tertiary/aromatic N) is 3. The van der Waals surface area contributed by atoms with E-state index in [1.165, 1.54) is 122 Å². The molecule has 5 heterocycles. The van der Waals surface area contributed by atoms with Gasteiger partial charge >= 0.3 is 0 Å². The van der Waals surface area contributed by atoms with Crippen LogP contribution in [-0.4, -0.2) is 29.2 Å². The van der Waals surface area contributed by atoms with Gasteiger partial charge in [-0.15, -0.1) is 0 Å². The average Bonchev–Trinajstić information content (AvgIpc) is 3.88. The normalized spacial score (nSPS) is 28.5. The first-order valence-electron chi connectivity index (χ1n) is 22.6. The summed E-state index contributed by atoms with van der Waals surface area (Å²) in [7, 11) is 0. The van der Waals surface area contributed by atoms with E-state index in [4.69, 9.17) is 8.83 Å². The van der Waals surface area contributed by atoms with Crippen molar-refractivity contribution in [1.29, 1.82) is 0 Å². The summed E-state index contributed by atoms with van der Waals surface area (Å²) in [4.78, 5) is 10.1. The molecule has 7 fully saturated rings. The summed E-state index contributed by atoms with van der Waals surface area (Å²) in [6, 6.07) is 21.8. The Kier molecular flexibility index (Phi) is 9.61. The summed E-state index contributed by atoms with van der Waals surface area (Å²) in [6.45, 7) is 18.7. The highest BCUT2D eigenvalue weighted by Crippen LogP contribution is 2.67. The van der Waals surface area contributed by atoms with E-state index in [-0.39, 0.29) is 25.9 Å². The maximum absolute atomic E-state index is 6.52. The third-order valence-corrected chi connectivity index (χ3v) is 16.7. The quantitative estimate of drug-likeness (QED) is 0.175. The highest BCUT2D eigenvalue weighted by atomic mass is 16.3. The van der Waals surface area contributed by atoms with Gasteiger partial charge in [0, 0.05) is 51.4 Å². The van der Waals surface area contributed by atoms with Gasteiger partial charge in [0.2, 0.25) is 5.71 Å². The first-order valence-corrected chi connectivity index (χ1v) is 22.6. The summed E-state index contributed by atoms with van der Waals surface area (Å²) >= 11 is 0. The van der Waals surface area contributed by atoms with Gasteiger partial charge in [-0.05, 0) is 170 Å². The molecule has 4 bridgehead atoms. The lowest BCUT2D eigenvalue weighted by Crippen LogP contribution is -2.54. The van der Waals surface area contributed by atoms with Gasteiger partial charge in [-0.25, -0.2) is 4.98 Å². The van der Waals surface area contributed by atoms with E-state index in [0.29, 0.717) is 10.8 Å². The molecule has 314 valence electrons. The molecule has 0 radical (unpaired) electrons. The molecule has 0 atom stereocenters. The van der Waals surface area contributed by atoms with Gasteiger partial charge in [-0.3, -0.25) is 0 Å². The van der Waals surface area contributed by atoms with Crippen molar-refractivity contribution in [2.45, 2.75) is 151 Å². The predicted octanol–water partition coefficient (Wildman–Crippen LogP) is 15.1. The SMILES string of the molecule is C.C.Cc1ccc2c(n1)oc1c(N3CC4(CCCCC4)CC3(C)C)c(C)ccc12.Cc1ccc2c(oc3ccccc32)c1N1CC2(CC1(C)C)C1CC3CC(C1)CC2C3. The van der Waals surface area contributed by atoms with Crippen molar-refractivity contribution in [3.05, 3.63) is 77.5 Å². The van der Waals surface area contributed by atoms with E-state index >= 15 is 0 Å². The zero-order valence-corrected chi connectivity index (χ0v) is 35.6. The molecule has 2 spiro atoms. The largest absolute Gasteiger partial charge is 0.454 e. The lowest BCUT2D eigenvalue weighted by atomic mass is 9.44. The Morgan fingerprint density at radius 1 is 0.576 bits per heavy atom. The fraction of sp³-hybridized carbons (Fsp3) is 0.574. The van der Waals surface area contributed by atoms with Crippen LogP contribution in [0.4, 0.5) is 11.4 Å². The molecule has 2 saturated heterocycles. The van der Waals surface area contributed by atoms with Crippen molar-refractivity contribution in [1.82, 2.24) is 4.98 Å². The molecular formula is C54H71N3O2. The van der Waals surface area contributed by atoms with Gasteiger partial charge in [-0.1, -0.05) is 76.6 Å². The topological polar surface area (TPSA) is 45.7 Å². The molecule has 0 N–H and O–H groups in total. The number of benzene rings is 3. The molecule has 6 aromatic rings. The van der Waals surface area contributed by atoms with Crippen LogP contribution in [0.1, 0.15) is 136 Å². The van der Waals surface area contributed by atoms with Crippen LogP contribution < -0.4 is 9.80 Å². The minimum Gasteiger partial charge on any atom is -0.454 e. The lowest BCUT2D eigenvalue weighted by molar-refractivity contribution is -0.0993. The van der Waals surface area contributed by atoms with E-state index in [1.807, 2.05) is 6.92 Å². The molecule has 59 heavy (non-hydrogen) atoms. The Labute approximate surface area is 354 Å². The first kappa shape index (κ1) is 40.4. The van der Waals surface area contributed by atoms with Crippen molar-refractivity contribution in [3.63, 3.8) is 0 Å². The maximum atomic E-state index is 6.52. The van der Waals surface area contributed by atoms with E-state index in [2.05, 4.69) is 117 Å². The number of fused-ring (bicyclic) bond motifs is 6. The number of furan rings is 2. The van der Waals surface area contributed by atoms with Crippen LogP contribution in [0.25, 0.3) is 44.0 Å². The van der Waals surface area contributed by atoms with Crippen LogP contribution in [0.5, 0.6) is 0 Å². The van der Waals surface area contributed by atoms with E-state index in [9.17, 15) is 0 Å². The molecule has 2 aliphatic heterocycles. The van der Waals surface area contributed by atoms with Crippen LogP contribution in [0, 0.1) is 55.3 Å². The highest BCUT2D eigenvalue weighted by molar-refractivity contribution is 6.10. The van der Waals surface area contributed by atoms with Crippen molar-refractivity contribution in [2.24, 2.45) is 34.5 Å². The Balaban J connectivity index is 0.000000148. The average molecular weight is 794 g/mol. The number of para-hydroxylation sites is 1. The van der Waals surface area contributed by atoms with Gasteiger partial charge < -0.3 is 18.6 Å². The standard InChI is InChI=1S/C28H33NO.C24H30N2O.2CH4/c1-17-8-9-23-22-6-4-5-7-24(22)30-26(23)25(17)29-16-28(15-27(29,2)3)20-11-18-10-19(13-20)14-21(28)12-18;1-16-8-10-18-19-11-9-17(2)25-22(19)27-21(18)20(16)26-15-24(14-23(26,3)4)12-6-5-7-13-24;;/h4-9,18-21H,10-16H2,1-3H3;8-11H,5-7,12-15H2,1-4H3;2*1H4. The number of hydrogen-bond donors (Lipinski definition) is 0. The minimum absolute atomic E-state index is 0. The second-order valence-electron chi connectivity index (χ2n) is 21.5. The molecule has 0 amide bonds. The Morgan fingerprint density at radius 2 is 1.14 bits per heavy atom. The summed E-state index contributed by atoms with van der Waals surface area (Å²) < 4.78 is 12.9. The third kappa shape index (κ3) is 6.16. The zero-order chi connectivity index (χ0) is 39.1. The summed E-state index contributed by atoms with van der Waals surface area (Å²) in [5.74, 6) is 3.98. The Hall–Kier alpha value is -3.99. The van der Waals surface area contributed by atoms with Crippen molar-refractivity contribution >= 4 is 55.4 Å². The van der Waals surface area contributed by atoms with Crippen molar-refractivity contribution in [3.8, 4) is 0 Å². The number of anilines is 2. The van der Waals surface area contributed by atoms with Gasteiger partial charge in [-0.2, -0.15) is 0 Å². The van der Waals surface area contributed by atoms with E-state index in [0.717, 1.165) is 63.8 Å². The summed E-state index contributed by atoms with van der Waals surface area (Å²) in [5, 5.41) is 4.84. The number of hydrogen-bond acceptors (Lipinski definition) is 5. The monoisotopic (exact) mass is 794 g/mol. The zero-order valence-electron chi connectivity index (χ0n) is 35.6. The minimum atomic E-state index is 0. The molecule has 5 heteroatoms. The lowest BCUT2D eigenvalue weighted by Gasteiger charge is -2.60.